The van der Waals surface area contributed by atoms with Crippen molar-refractivity contribution in [2.24, 2.45) is 0 Å². The predicted molar refractivity (Wildman–Crippen MR) is 56.0 cm³/mol. The van der Waals surface area contributed by atoms with Gasteiger partial charge in [0.05, 0.1) is 0 Å². The number of nitrogens with zero attached hydrogens (tertiary/aromatic N) is 1. The standard InChI is InChI=1S/C12H20N/c1-8(2)13-10(4)7-9(3)11(5)12(13)6/h7-8H,1-6H3/q+1. The largest absolute Gasteiger partial charge is 0.198 e. The smallest absolute Gasteiger partial charge is 0.181 e. The summed E-state index contributed by atoms with van der Waals surface area (Å²) in [6, 6.07) is 2.82. The SMILES string of the molecule is Cc1cc(C)[n+](C(C)C)c(C)c1C. The van der Waals surface area contributed by atoms with Gasteiger partial charge < -0.3 is 0 Å². The molecule has 1 nitrogen and oxygen atoms in total. The minimum Gasteiger partial charge on any atom is -0.198 e. The molecule has 0 aliphatic heterocycles. The maximum Gasteiger partial charge on any atom is 0.181 e. The van der Waals surface area contributed by atoms with E-state index in [9.17, 15) is 0 Å². The molecule has 0 atom stereocenters. The summed E-state index contributed by atoms with van der Waals surface area (Å²) in [6.07, 6.45) is 0. The molecule has 1 rings (SSSR count). The Bertz CT molecular complexity index is 324. The van der Waals surface area contributed by atoms with Crippen LogP contribution in [0.1, 0.15) is 42.4 Å². The van der Waals surface area contributed by atoms with E-state index in [1.54, 1.807) is 0 Å². The van der Waals surface area contributed by atoms with Crippen LogP contribution in [0.4, 0.5) is 0 Å². The van der Waals surface area contributed by atoms with E-state index in [0.717, 1.165) is 0 Å². The Labute approximate surface area is 81.4 Å². The van der Waals surface area contributed by atoms with Crippen molar-refractivity contribution < 1.29 is 4.57 Å². The number of pyridine rings is 1. The quantitative estimate of drug-likeness (QED) is 0.582. The lowest BCUT2D eigenvalue weighted by atomic mass is 10.1. The molecule has 0 N–H and O–H groups in total. The third-order valence-corrected chi connectivity index (χ3v) is 2.82. The fraction of sp³-hybridized carbons (Fsp3) is 0.583. The van der Waals surface area contributed by atoms with Crippen molar-refractivity contribution in [3.63, 3.8) is 0 Å². The van der Waals surface area contributed by atoms with Crippen LogP contribution in [0.15, 0.2) is 6.07 Å². The number of aromatic nitrogens is 1. The highest BCUT2D eigenvalue weighted by molar-refractivity contribution is 5.25. The molecule has 1 aromatic heterocycles. The highest BCUT2D eigenvalue weighted by Crippen LogP contribution is 2.12. The van der Waals surface area contributed by atoms with Crippen LogP contribution in [0, 0.1) is 27.7 Å². The Balaban J connectivity index is 3.44. The molecule has 0 saturated heterocycles. The Kier molecular flexibility index (Phi) is 2.74. The second-order valence-electron chi connectivity index (χ2n) is 4.14. The van der Waals surface area contributed by atoms with E-state index >= 15 is 0 Å². The van der Waals surface area contributed by atoms with Gasteiger partial charge in [-0.3, -0.25) is 0 Å². The van der Waals surface area contributed by atoms with E-state index in [0.29, 0.717) is 6.04 Å². The lowest BCUT2D eigenvalue weighted by Crippen LogP contribution is -2.43. The number of hydrogen-bond acceptors (Lipinski definition) is 0. The summed E-state index contributed by atoms with van der Waals surface area (Å²) in [5.74, 6) is 0. The third kappa shape index (κ3) is 1.74. The molecular formula is C12H20N+. The minimum absolute atomic E-state index is 0.555. The summed E-state index contributed by atoms with van der Waals surface area (Å²) in [6.45, 7) is 13.2. The fourth-order valence-electron chi connectivity index (χ4n) is 2.02. The summed E-state index contributed by atoms with van der Waals surface area (Å²) in [5, 5.41) is 0. The van der Waals surface area contributed by atoms with Gasteiger partial charge in [0.2, 0.25) is 0 Å². The highest BCUT2D eigenvalue weighted by Gasteiger charge is 2.17. The molecule has 0 fully saturated rings. The van der Waals surface area contributed by atoms with E-state index in [-0.39, 0.29) is 0 Å². The summed E-state index contributed by atoms with van der Waals surface area (Å²) in [4.78, 5) is 0. The second kappa shape index (κ2) is 3.49. The van der Waals surface area contributed by atoms with E-state index < -0.39 is 0 Å². The monoisotopic (exact) mass is 178 g/mol. The van der Waals surface area contributed by atoms with Crippen LogP contribution in [0.25, 0.3) is 0 Å². The number of rotatable bonds is 1. The van der Waals surface area contributed by atoms with Crippen LogP contribution in [0.5, 0.6) is 0 Å². The summed E-state index contributed by atoms with van der Waals surface area (Å²) >= 11 is 0. The van der Waals surface area contributed by atoms with Gasteiger partial charge in [-0.2, -0.15) is 4.57 Å². The maximum atomic E-state index is 2.39. The zero-order chi connectivity index (χ0) is 10.2. The molecule has 0 unspecified atom stereocenters. The van der Waals surface area contributed by atoms with Crippen LogP contribution in [-0.4, -0.2) is 0 Å². The minimum atomic E-state index is 0.555. The molecule has 0 saturated carbocycles. The molecule has 1 aromatic rings. The van der Waals surface area contributed by atoms with Gasteiger partial charge in [0.25, 0.3) is 0 Å². The summed E-state index contributed by atoms with van der Waals surface area (Å²) < 4.78 is 2.39. The van der Waals surface area contributed by atoms with Crippen molar-refractivity contribution >= 4 is 0 Å². The molecule has 0 aliphatic rings. The molecule has 13 heavy (non-hydrogen) atoms. The Morgan fingerprint density at radius 2 is 1.62 bits per heavy atom. The van der Waals surface area contributed by atoms with Crippen molar-refractivity contribution in [2.75, 3.05) is 0 Å². The predicted octanol–water partition coefficient (Wildman–Crippen LogP) is 2.79. The molecule has 1 heteroatoms. The van der Waals surface area contributed by atoms with Gasteiger partial charge in [0.1, 0.15) is 0 Å². The fourth-order valence-corrected chi connectivity index (χ4v) is 2.02. The molecule has 1 heterocycles. The Hall–Kier alpha value is -0.850. The van der Waals surface area contributed by atoms with Gasteiger partial charge in [-0.15, -0.1) is 0 Å². The summed E-state index contributed by atoms with van der Waals surface area (Å²) in [5.41, 5.74) is 5.56. The molecule has 0 spiro atoms. The van der Waals surface area contributed by atoms with Crippen molar-refractivity contribution in [1.82, 2.24) is 0 Å². The second-order valence-corrected chi connectivity index (χ2v) is 4.14. The third-order valence-electron chi connectivity index (χ3n) is 2.82. The van der Waals surface area contributed by atoms with Crippen LogP contribution in [-0.2, 0) is 0 Å². The lowest BCUT2D eigenvalue weighted by molar-refractivity contribution is -0.727. The maximum absolute atomic E-state index is 2.39. The van der Waals surface area contributed by atoms with Crippen LogP contribution >= 0.6 is 0 Å². The van der Waals surface area contributed by atoms with Crippen molar-refractivity contribution in [1.29, 1.82) is 0 Å². The topological polar surface area (TPSA) is 3.88 Å². The molecular weight excluding hydrogens is 158 g/mol. The van der Waals surface area contributed by atoms with Gasteiger partial charge in [0.15, 0.2) is 17.4 Å². The lowest BCUT2D eigenvalue weighted by Gasteiger charge is -2.11. The Morgan fingerprint density at radius 3 is 2.08 bits per heavy atom. The zero-order valence-corrected chi connectivity index (χ0v) is 9.60. The number of hydrogen-bond donors (Lipinski definition) is 0. The molecule has 72 valence electrons. The van der Waals surface area contributed by atoms with E-state index in [1.165, 1.54) is 22.5 Å². The molecule has 0 amide bonds. The van der Waals surface area contributed by atoms with Gasteiger partial charge in [-0.25, -0.2) is 0 Å². The molecule has 0 aromatic carbocycles. The Morgan fingerprint density at radius 1 is 1.08 bits per heavy atom. The van der Waals surface area contributed by atoms with E-state index in [1.807, 2.05) is 0 Å². The van der Waals surface area contributed by atoms with Gasteiger partial charge in [-0.1, -0.05) is 0 Å². The van der Waals surface area contributed by atoms with Gasteiger partial charge in [0, 0.05) is 25.5 Å². The summed E-state index contributed by atoms with van der Waals surface area (Å²) in [7, 11) is 0. The van der Waals surface area contributed by atoms with Gasteiger partial charge >= 0.3 is 0 Å². The molecule has 0 radical (unpaired) electrons. The van der Waals surface area contributed by atoms with Crippen molar-refractivity contribution in [3.8, 4) is 0 Å². The first-order valence-corrected chi connectivity index (χ1v) is 4.94. The highest BCUT2D eigenvalue weighted by atomic mass is 15.0. The average Bonchev–Trinajstić information content (AvgIpc) is 1.99. The molecule has 0 aliphatic carbocycles. The first kappa shape index (κ1) is 10.2. The van der Waals surface area contributed by atoms with Crippen LogP contribution in [0.2, 0.25) is 0 Å². The van der Waals surface area contributed by atoms with Crippen molar-refractivity contribution in [3.05, 3.63) is 28.6 Å². The first-order chi connectivity index (χ1) is 5.95. The van der Waals surface area contributed by atoms with E-state index in [4.69, 9.17) is 0 Å². The van der Waals surface area contributed by atoms with Gasteiger partial charge in [-0.05, 0) is 33.3 Å². The molecule has 0 bridgehead atoms. The zero-order valence-electron chi connectivity index (χ0n) is 9.60. The van der Waals surface area contributed by atoms with E-state index in [2.05, 4.69) is 52.2 Å². The number of aryl methyl sites for hydroxylation is 2. The van der Waals surface area contributed by atoms with Crippen molar-refractivity contribution in [2.45, 2.75) is 47.6 Å². The average molecular weight is 178 g/mol. The first-order valence-electron chi connectivity index (χ1n) is 4.94. The van der Waals surface area contributed by atoms with Crippen LogP contribution in [0.3, 0.4) is 0 Å². The normalized spacial score (nSPS) is 11.0. The van der Waals surface area contributed by atoms with Crippen LogP contribution < -0.4 is 4.57 Å².